The van der Waals surface area contributed by atoms with Gasteiger partial charge in [0.05, 0.1) is 5.69 Å². The van der Waals surface area contributed by atoms with E-state index in [4.69, 9.17) is 4.18 Å². The van der Waals surface area contributed by atoms with Gasteiger partial charge in [0.25, 0.3) is 0 Å². The van der Waals surface area contributed by atoms with Crippen molar-refractivity contribution in [3.63, 3.8) is 0 Å². The number of aromatic nitrogens is 4. The van der Waals surface area contributed by atoms with Gasteiger partial charge in [0, 0.05) is 6.07 Å². The molecular formula is C13H8F2N4O3S. The summed E-state index contributed by atoms with van der Waals surface area (Å²) >= 11 is 0. The fraction of sp³-hybridized carbons (Fsp3) is 0. The maximum atomic E-state index is 13.6. The lowest BCUT2D eigenvalue weighted by molar-refractivity contribution is 0.473. The molecule has 0 unspecified atom stereocenters. The first-order valence-corrected chi connectivity index (χ1v) is 7.59. The van der Waals surface area contributed by atoms with Gasteiger partial charge in [-0.1, -0.05) is 6.07 Å². The summed E-state index contributed by atoms with van der Waals surface area (Å²) in [6.45, 7) is 0. The minimum Gasteiger partial charge on any atom is -0.379 e. The summed E-state index contributed by atoms with van der Waals surface area (Å²) in [4.78, 5) is -0.884. The molecule has 0 radical (unpaired) electrons. The summed E-state index contributed by atoms with van der Waals surface area (Å²) in [5, 5.41) is 10.6. The molecule has 0 N–H and O–H groups in total. The summed E-state index contributed by atoms with van der Waals surface area (Å²) in [6.07, 6.45) is 1.31. The van der Waals surface area contributed by atoms with E-state index in [-0.39, 0.29) is 5.75 Å². The van der Waals surface area contributed by atoms with Gasteiger partial charge in [-0.2, -0.15) is 8.42 Å². The molecule has 0 saturated carbocycles. The molecule has 0 bridgehead atoms. The number of halogens is 2. The van der Waals surface area contributed by atoms with Crippen LogP contribution in [0.2, 0.25) is 0 Å². The van der Waals surface area contributed by atoms with E-state index < -0.39 is 26.6 Å². The predicted octanol–water partition coefficient (Wildman–Crippen LogP) is 1.71. The Hall–Kier alpha value is -2.88. The number of rotatable bonds is 4. The van der Waals surface area contributed by atoms with Crippen LogP contribution in [0.25, 0.3) is 5.69 Å². The summed E-state index contributed by atoms with van der Waals surface area (Å²) in [5.41, 5.74) is 0.433. The molecule has 2 aromatic carbocycles. The fourth-order valence-electron chi connectivity index (χ4n) is 1.80. The predicted molar refractivity (Wildman–Crippen MR) is 73.3 cm³/mol. The zero-order chi connectivity index (χ0) is 16.4. The van der Waals surface area contributed by atoms with Crippen LogP contribution in [0.1, 0.15) is 0 Å². The van der Waals surface area contributed by atoms with Crippen molar-refractivity contribution in [2.24, 2.45) is 0 Å². The van der Waals surface area contributed by atoms with Crippen LogP contribution in [-0.2, 0) is 10.1 Å². The van der Waals surface area contributed by atoms with Gasteiger partial charge in [-0.25, -0.2) is 13.5 Å². The molecule has 1 aromatic heterocycles. The van der Waals surface area contributed by atoms with Crippen molar-refractivity contribution >= 4 is 10.1 Å². The molecular weight excluding hydrogens is 330 g/mol. The molecule has 7 nitrogen and oxygen atoms in total. The second-order valence-electron chi connectivity index (χ2n) is 4.36. The Balaban J connectivity index is 1.95. The lowest BCUT2D eigenvalue weighted by Gasteiger charge is -2.09. The first-order valence-electron chi connectivity index (χ1n) is 6.19. The number of tetrazole rings is 1. The second-order valence-corrected chi connectivity index (χ2v) is 5.88. The fourth-order valence-corrected chi connectivity index (χ4v) is 2.81. The van der Waals surface area contributed by atoms with E-state index in [1.807, 2.05) is 0 Å². The monoisotopic (exact) mass is 338 g/mol. The molecule has 0 spiro atoms. The highest BCUT2D eigenvalue weighted by atomic mass is 32.2. The van der Waals surface area contributed by atoms with E-state index >= 15 is 0 Å². The van der Waals surface area contributed by atoms with Gasteiger partial charge in [0.1, 0.15) is 28.6 Å². The normalized spacial score (nSPS) is 11.4. The number of hydrogen-bond acceptors (Lipinski definition) is 6. The van der Waals surface area contributed by atoms with E-state index in [0.29, 0.717) is 17.8 Å². The third-order valence-electron chi connectivity index (χ3n) is 2.80. The van der Waals surface area contributed by atoms with Gasteiger partial charge in [-0.15, -0.1) is 5.10 Å². The van der Waals surface area contributed by atoms with Crippen LogP contribution in [-0.4, -0.2) is 28.6 Å². The number of benzene rings is 2. The molecule has 0 amide bonds. The van der Waals surface area contributed by atoms with E-state index in [1.165, 1.54) is 29.2 Å². The van der Waals surface area contributed by atoms with E-state index in [9.17, 15) is 17.2 Å². The molecule has 0 aliphatic rings. The van der Waals surface area contributed by atoms with Crippen LogP contribution in [0.3, 0.4) is 0 Å². The first kappa shape index (κ1) is 15.0. The van der Waals surface area contributed by atoms with Gasteiger partial charge < -0.3 is 4.18 Å². The topological polar surface area (TPSA) is 87.0 Å². The highest BCUT2D eigenvalue weighted by molar-refractivity contribution is 7.87. The van der Waals surface area contributed by atoms with Crippen molar-refractivity contribution in [2.75, 3.05) is 0 Å². The Morgan fingerprint density at radius 3 is 2.65 bits per heavy atom. The Labute approximate surface area is 129 Å². The molecule has 0 aliphatic carbocycles. The van der Waals surface area contributed by atoms with Crippen LogP contribution in [0.4, 0.5) is 8.78 Å². The summed E-state index contributed by atoms with van der Waals surface area (Å²) in [5.74, 6) is -2.10. The third kappa shape index (κ3) is 3.16. The van der Waals surface area contributed by atoms with E-state index in [1.54, 1.807) is 6.07 Å². The number of hydrogen-bond donors (Lipinski definition) is 0. The molecule has 23 heavy (non-hydrogen) atoms. The van der Waals surface area contributed by atoms with E-state index in [0.717, 1.165) is 6.07 Å². The van der Waals surface area contributed by atoms with Crippen LogP contribution in [0, 0.1) is 11.6 Å². The van der Waals surface area contributed by atoms with Crippen molar-refractivity contribution in [2.45, 2.75) is 4.90 Å². The van der Waals surface area contributed by atoms with Gasteiger partial charge in [0.15, 0.2) is 0 Å². The van der Waals surface area contributed by atoms with Crippen molar-refractivity contribution < 1.29 is 21.4 Å². The molecule has 1 heterocycles. The smallest absolute Gasteiger partial charge is 0.342 e. The molecule has 0 atom stereocenters. The van der Waals surface area contributed by atoms with Crippen molar-refractivity contribution in [3.8, 4) is 11.4 Å². The molecule has 0 fully saturated rings. The minimum atomic E-state index is -4.53. The molecule has 3 aromatic rings. The largest absolute Gasteiger partial charge is 0.379 e. The van der Waals surface area contributed by atoms with Crippen molar-refractivity contribution in [1.29, 1.82) is 0 Å². The van der Waals surface area contributed by atoms with Gasteiger partial charge in [-0.3, -0.25) is 0 Å². The third-order valence-corrected chi connectivity index (χ3v) is 4.06. The van der Waals surface area contributed by atoms with Crippen LogP contribution < -0.4 is 4.18 Å². The van der Waals surface area contributed by atoms with Gasteiger partial charge in [-0.05, 0) is 40.8 Å². The van der Waals surface area contributed by atoms with Crippen molar-refractivity contribution in [1.82, 2.24) is 20.2 Å². The van der Waals surface area contributed by atoms with E-state index in [2.05, 4.69) is 15.5 Å². The summed E-state index contributed by atoms with van der Waals surface area (Å²) in [6, 6.07) is 7.88. The van der Waals surface area contributed by atoms with Crippen LogP contribution in [0.5, 0.6) is 5.75 Å². The zero-order valence-corrected chi connectivity index (χ0v) is 12.1. The molecule has 3 rings (SSSR count). The van der Waals surface area contributed by atoms with Gasteiger partial charge in [0.2, 0.25) is 0 Å². The maximum absolute atomic E-state index is 13.6. The Morgan fingerprint density at radius 2 is 1.91 bits per heavy atom. The highest BCUT2D eigenvalue weighted by Crippen LogP contribution is 2.23. The molecule has 10 heteroatoms. The first-order chi connectivity index (χ1) is 11.0. The maximum Gasteiger partial charge on any atom is 0.342 e. The van der Waals surface area contributed by atoms with Gasteiger partial charge >= 0.3 is 10.1 Å². The molecule has 0 saturated heterocycles. The Morgan fingerprint density at radius 1 is 1.09 bits per heavy atom. The Bertz CT molecular complexity index is 946. The molecule has 118 valence electrons. The average molecular weight is 338 g/mol. The minimum absolute atomic E-state index is 0.0957. The quantitative estimate of drug-likeness (QED) is 0.673. The number of nitrogens with zero attached hydrogens (tertiary/aromatic N) is 4. The summed E-state index contributed by atoms with van der Waals surface area (Å²) < 4.78 is 57.1. The SMILES string of the molecule is O=S(=O)(Oc1cccc(-n2cnnn2)c1)c1cc(F)ccc1F. The summed E-state index contributed by atoms with van der Waals surface area (Å²) in [7, 11) is -4.53. The lowest BCUT2D eigenvalue weighted by Crippen LogP contribution is -2.12. The Kier molecular flexibility index (Phi) is 3.74. The van der Waals surface area contributed by atoms with Crippen LogP contribution >= 0.6 is 0 Å². The lowest BCUT2D eigenvalue weighted by atomic mass is 10.3. The standard InChI is InChI=1S/C13H8F2N4O3S/c14-9-4-5-12(15)13(6-9)23(20,21)22-11-3-1-2-10(7-11)19-8-16-17-18-19/h1-8H. The average Bonchev–Trinajstić information content (AvgIpc) is 3.04. The zero-order valence-electron chi connectivity index (χ0n) is 11.3. The van der Waals surface area contributed by atoms with Crippen LogP contribution in [0.15, 0.2) is 53.7 Å². The van der Waals surface area contributed by atoms with Crippen molar-refractivity contribution in [3.05, 3.63) is 60.4 Å². The molecule has 0 aliphatic heterocycles. The second kappa shape index (κ2) is 5.72. The highest BCUT2D eigenvalue weighted by Gasteiger charge is 2.22.